The number of aryl methyl sites for hydroxylation is 1. The zero-order valence-electron chi connectivity index (χ0n) is 11.1. The Hall–Kier alpha value is -2.41. The second-order valence-corrected chi connectivity index (χ2v) is 5.26. The van der Waals surface area contributed by atoms with Gasteiger partial charge in [0.2, 0.25) is 0 Å². The van der Waals surface area contributed by atoms with E-state index in [1.54, 1.807) is 30.1 Å². The van der Waals surface area contributed by atoms with Gasteiger partial charge in [-0.25, -0.2) is 4.68 Å². The van der Waals surface area contributed by atoms with Crippen molar-refractivity contribution < 1.29 is 9.32 Å². The monoisotopic (exact) mass is 346 g/mol. The highest BCUT2D eigenvalue weighted by molar-refractivity contribution is 9.10. The van der Waals surface area contributed by atoms with E-state index in [9.17, 15) is 4.79 Å². The van der Waals surface area contributed by atoms with Crippen molar-refractivity contribution in [1.82, 2.24) is 14.9 Å². The largest absolute Gasteiger partial charge is 0.361 e. The Kier molecular flexibility index (Phi) is 3.57. The molecule has 3 aromatic rings. The highest BCUT2D eigenvalue weighted by Gasteiger charge is 2.12. The molecule has 1 N–H and O–H groups in total. The van der Waals surface area contributed by atoms with E-state index in [0.29, 0.717) is 11.4 Å². The van der Waals surface area contributed by atoms with Gasteiger partial charge in [-0.2, -0.15) is 5.10 Å². The number of nitrogens with one attached hydrogen (secondary N) is 1. The molecule has 0 saturated carbocycles. The van der Waals surface area contributed by atoms with Crippen LogP contribution in [0.3, 0.4) is 0 Å². The van der Waals surface area contributed by atoms with E-state index in [2.05, 4.69) is 31.5 Å². The molecule has 21 heavy (non-hydrogen) atoms. The van der Waals surface area contributed by atoms with Gasteiger partial charge in [0.25, 0.3) is 5.91 Å². The molecule has 2 heterocycles. The molecule has 106 valence electrons. The lowest BCUT2D eigenvalue weighted by atomic mass is 10.3. The van der Waals surface area contributed by atoms with Crippen LogP contribution in [0.1, 0.15) is 16.2 Å². The SMILES string of the molecule is Cc1cc(C(=O)Nc2cnn(-c3ccccc3Br)c2)no1. The third-order valence-corrected chi connectivity index (χ3v) is 3.47. The van der Waals surface area contributed by atoms with Crippen LogP contribution in [0.4, 0.5) is 5.69 Å². The molecule has 0 aliphatic heterocycles. The maximum Gasteiger partial charge on any atom is 0.277 e. The highest BCUT2D eigenvalue weighted by Crippen LogP contribution is 2.21. The number of halogens is 1. The molecule has 0 aliphatic rings. The Bertz CT molecular complexity index is 794. The first kappa shape index (κ1) is 13.6. The van der Waals surface area contributed by atoms with E-state index in [4.69, 9.17) is 4.52 Å². The van der Waals surface area contributed by atoms with Gasteiger partial charge in [0.05, 0.1) is 23.8 Å². The summed E-state index contributed by atoms with van der Waals surface area (Å²) in [5.74, 6) is 0.252. The number of hydrogen-bond acceptors (Lipinski definition) is 4. The maximum atomic E-state index is 12.0. The number of nitrogens with zero attached hydrogens (tertiary/aromatic N) is 3. The average molecular weight is 347 g/mol. The van der Waals surface area contributed by atoms with Crippen LogP contribution in [0.15, 0.2) is 51.7 Å². The molecule has 0 atom stereocenters. The van der Waals surface area contributed by atoms with Gasteiger partial charge in [0.1, 0.15) is 5.76 Å². The number of hydrogen-bond donors (Lipinski definition) is 1. The molecule has 0 radical (unpaired) electrons. The van der Waals surface area contributed by atoms with Crippen LogP contribution >= 0.6 is 15.9 Å². The van der Waals surface area contributed by atoms with E-state index < -0.39 is 0 Å². The quantitative estimate of drug-likeness (QED) is 0.790. The van der Waals surface area contributed by atoms with Crippen molar-refractivity contribution in [3.05, 3.63) is 58.7 Å². The Balaban J connectivity index is 1.80. The molecule has 0 aliphatic carbocycles. The van der Waals surface area contributed by atoms with Gasteiger partial charge >= 0.3 is 0 Å². The van der Waals surface area contributed by atoms with E-state index in [-0.39, 0.29) is 11.6 Å². The fraction of sp³-hybridized carbons (Fsp3) is 0.0714. The molecular formula is C14H11BrN4O2. The molecular weight excluding hydrogens is 336 g/mol. The number of rotatable bonds is 3. The predicted octanol–water partition coefficient (Wildman–Crippen LogP) is 3.18. The lowest BCUT2D eigenvalue weighted by Gasteiger charge is -2.03. The first-order valence-corrected chi connectivity index (χ1v) is 6.97. The summed E-state index contributed by atoms with van der Waals surface area (Å²) < 4.78 is 7.46. The molecule has 7 heteroatoms. The summed E-state index contributed by atoms with van der Waals surface area (Å²) >= 11 is 3.46. The number of aromatic nitrogens is 3. The molecule has 6 nitrogen and oxygen atoms in total. The minimum Gasteiger partial charge on any atom is -0.361 e. The lowest BCUT2D eigenvalue weighted by molar-refractivity contribution is 0.101. The van der Waals surface area contributed by atoms with Crippen LogP contribution in [0, 0.1) is 6.92 Å². The Morgan fingerprint density at radius 1 is 1.38 bits per heavy atom. The summed E-state index contributed by atoms with van der Waals surface area (Å²) in [4.78, 5) is 12.0. The Labute approximate surface area is 128 Å². The van der Waals surface area contributed by atoms with E-state index in [1.807, 2.05) is 24.3 Å². The molecule has 0 saturated heterocycles. The molecule has 0 fully saturated rings. The van der Waals surface area contributed by atoms with Crippen LogP contribution in [-0.2, 0) is 0 Å². The average Bonchev–Trinajstić information content (AvgIpc) is 3.08. The predicted molar refractivity (Wildman–Crippen MR) is 80.5 cm³/mol. The molecule has 0 unspecified atom stereocenters. The molecule has 0 bridgehead atoms. The number of carbonyl (C=O) groups excluding carboxylic acids is 1. The van der Waals surface area contributed by atoms with Crippen molar-refractivity contribution in [1.29, 1.82) is 0 Å². The number of benzene rings is 1. The third kappa shape index (κ3) is 2.87. The summed E-state index contributed by atoms with van der Waals surface area (Å²) in [5, 5.41) is 10.6. The van der Waals surface area contributed by atoms with Gasteiger partial charge in [-0.1, -0.05) is 17.3 Å². The highest BCUT2D eigenvalue weighted by atomic mass is 79.9. The summed E-state index contributed by atoms with van der Waals surface area (Å²) in [5.41, 5.74) is 1.70. The van der Waals surface area contributed by atoms with Gasteiger partial charge < -0.3 is 9.84 Å². The zero-order chi connectivity index (χ0) is 14.8. The molecule has 1 aromatic carbocycles. The zero-order valence-corrected chi connectivity index (χ0v) is 12.7. The van der Waals surface area contributed by atoms with Crippen molar-refractivity contribution in [2.75, 3.05) is 5.32 Å². The molecule has 3 rings (SSSR count). The number of amides is 1. The van der Waals surface area contributed by atoms with Crippen LogP contribution in [0.5, 0.6) is 0 Å². The van der Waals surface area contributed by atoms with Crippen molar-refractivity contribution in [3.63, 3.8) is 0 Å². The number of carbonyl (C=O) groups is 1. The van der Waals surface area contributed by atoms with Gasteiger partial charge in [0, 0.05) is 10.5 Å². The first-order chi connectivity index (χ1) is 10.1. The Morgan fingerprint density at radius 3 is 2.90 bits per heavy atom. The van der Waals surface area contributed by atoms with Crippen molar-refractivity contribution in [2.24, 2.45) is 0 Å². The van der Waals surface area contributed by atoms with Crippen LogP contribution in [-0.4, -0.2) is 20.8 Å². The van der Waals surface area contributed by atoms with Crippen LogP contribution in [0.2, 0.25) is 0 Å². The van der Waals surface area contributed by atoms with Crippen molar-refractivity contribution in [2.45, 2.75) is 6.92 Å². The van der Waals surface area contributed by atoms with E-state index >= 15 is 0 Å². The maximum absolute atomic E-state index is 12.0. The fourth-order valence-electron chi connectivity index (χ4n) is 1.83. The number of anilines is 1. The van der Waals surface area contributed by atoms with Crippen LogP contribution < -0.4 is 5.32 Å². The Morgan fingerprint density at radius 2 is 2.19 bits per heavy atom. The number of para-hydroxylation sites is 1. The minimum absolute atomic E-state index is 0.237. The summed E-state index contributed by atoms with van der Waals surface area (Å²) in [6, 6.07) is 9.26. The smallest absolute Gasteiger partial charge is 0.277 e. The van der Waals surface area contributed by atoms with Gasteiger partial charge in [-0.05, 0) is 35.0 Å². The molecule has 2 aromatic heterocycles. The fourth-order valence-corrected chi connectivity index (χ4v) is 2.29. The summed E-state index contributed by atoms with van der Waals surface area (Å²) in [7, 11) is 0. The standard InChI is InChI=1S/C14H11BrN4O2/c1-9-6-12(18-21-9)14(20)17-10-7-16-19(8-10)13-5-3-2-4-11(13)15/h2-8H,1H3,(H,17,20). The van der Waals surface area contributed by atoms with E-state index in [1.165, 1.54) is 0 Å². The molecule has 1 amide bonds. The molecule has 0 spiro atoms. The van der Waals surface area contributed by atoms with Gasteiger partial charge in [-0.3, -0.25) is 4.79 Å². The van der Waals surface area contributed by atoms with Gasteiger partial charge in [-0.15, -0.1) is 0 Å². The van der Waals surface area contributed by atoms with E-state index in [0.717, 1.165) is 10.2 Å². The summed E-state index contributed by atoms with van der Waals surface area (Å²) in [6.45, 7) is 1.73. The van der Waals surface area contributed by atoms with Crippen molar-refractivity contribution in [3.8, 4) is 5.69 Å². The normalized spacial score (nSPS) is 10.6. The third-order valence-electron chi connectivity index (χ3n) is 2.80. The van der Waals surface area contributed by atoms with Crippen LogP contribution in [0.25, 0.3) is 5.69 Å². The second kappa shape index (κ2) is 5.53. The second-order valence-electron chi connectivity index (χ2n) is 4.40. The summed E-state index contributed by atoms with van der Waals surface area (Å²) in [6.07, 6.45) is 3.30. The van der Waals surface area contributed by atoms with Crippen molar-refractivity contribution >= 4 is 27.5 Å². The minimum atomic E-state index is -0.335. The van der Waals surface area contributed by atoms with Gasteiger partial charge in [0.15, 0.2) is 5.69 Å². The lowest BCUT2D eigenvalue weighted by Crippen LogP contribution is -2.11. The first-order valence-electron chi connectivity index (χ1n) is 6.18. The topological polar surface area (TPSA) is 73.0 Å².